The number of aromatic nitrogens is 3. The lowest BCUT2D eigenvalue weighted by Gasteiger charge is -2.32. The Morgan fingerprint density at radius 2 is 2.00 bits per heavy atom. The summed E-state index contributed by atoms with van der Waals surface area (Å²) in [7, 11) is -2.96. The highest BCUT2D eigenvalue weighted by Crippen LogP contribution is 2.60. The maximum atomic E-state index is 14.7. The van der Waals surface area contributed by atoms with Gasteiger partial charge in [0.05, 0.1) is 35.5 Å². The van der Waals surface area contributed by atoms with Crippen molar-refractivity contribution in [3.05, 3.63) is 75.6 Å². The van der Waals surface area contributed by atoms with Gasteiger partial charge in [0.1, 0.15) is 6.61 Å². The molecule has 4 atom stereocenters. The number of carbonyl (C=O) groups excluding carboxylic acids is 2. The molecular weight excluding hydrogens is 600 g/mol. The molecule has 14 nitrogen and oxygen atoms in total. The van der Waals surface area contributed by atoms with Crippen LogP contribution in [0.4, 0.5) is 21.9 Å². The number of nitro benzene ring substituents is 1. The number of non-ortho nitro benzene ring substituents is 1. The van der Waals surface area contributed by atoms with Crippen LogP contribution >= 0.6 is 0 Å². The fourth-order valence-electron chi connectivity index (χ4n) is 7.18. The summed E-state index contributed by atoms with van der Waals surface area (Å²) in [6, 6.07) is 11.7. The van der Waals surface area contributed by atoms with Gasteiger partial charge in [-0.05, 0) is 43.3 Å². The van der Waals surface area contributed by atoms with Crippen molar-refractivity contribution in [2.75, 3.05) is 29.6 Å². The first-order valence-corrected chi connectivity index (χ1v) is 18.0. The number of cyclic esters (lactones) is 1. The van der Waals surface area contributed by atoms with Crippen LogP contribution < -0.4 is 9.80 Å². The number of aliphatic hydroxyl groups excluding tert-OH is 1. The van der Waals surface area contributed by atoms with E-state index in [-0.39, 0.29) is 30.3 Å². The number of benzene rings is 2. The van der Waals surface area contributed by atoms with Gasteiger partial charge in [0, 0.05) is 60.6 Å². The zero-order chi connectivity index (χ0) is 32.1. The van der Waals surface area contributed by atoms with E-state index in [0.717, 1.165) is 5.56 Å². The standard InChI is InChI=1S/C30H36N6O8Si/c1-19-27(45(2,3)42)26(9-11-33-18-21(10-13-37)31-32-33)44-30(19)24-16-23(36(40)41)7-8-25(24)35(28(30)38)17-20-5-4-6-22(15-20)34-12-14-43-29(34)39/h4-8,15-16,18-19,26-27,37,42H,9-14,17H2,1-3H3/t19-,26+,27-,30+/m1/s1. The van der Waals surface area contributed by atoms with Gasteiger partial charge in [-0.2, -0.15) is 0 Å². The monoisotopic (exact) mass is 636 g/mol. The molecule has 0 saturated carbocycles. The third-order valence-electron chi connectivity index (χ3n) is 9.10. The van der Waals surface area contributed by atoms with E-state index in [9.17, 15) is 29.6 Å². The lowest BCUT2D eigenvalue weighted by molar-refractivity contribution is -0.385. The first kappa shape index (κ1) is 30.8. The van der Waals surface area contributed by atoms with Crippen LogP contribution in [0.25, 0.3) is 0 Å². The summed E-state index contributed by atoms with van der Waals surface area (Å²) in [6.45, 7) is 6.73. The molecular formula is C30H36N6O8Si. The summed E-state index contributed by atoms with van der Waals surface area (Å²) in [6.07, 6.45) is 1.57. The second-order valence-corrected chi connectivity index (χ2v) is 16.4. The first-order valence-electron chi connectivity index (χ1n) is 15.0. The Kier molecular flexibility index (Phi) is 7.97. The van der Waals surface area contributed by atoms with E-state index in [1.54, 1.807) is 34.0 Å². The molecule has 15 heteroatoms. The number of aliphatic hydroxyl groups is 1. The molecule has 0 bridgehead atoms. The Bertz CT molecular complexity index is 1640. The van der Waals surface area contributed by atoms with E-state index in [1.165, 1.54) is 17.0 Å². The second-order valence-electron chi connectivity index (χ2n) is 12.4. The molecule has 0 aliphatic carbocycles. The molecule has 2 N–H and O–H groups in total. The first-order chi connectivity index (χ1) is 21.4. The average molecular weight is 637 g/mol. The fourth-order valence-corrected chi connectivity index (χ4v) is 9.78. The number of amides is 2. The largest absolute Gasteiger partial charge is 0.447 e. The van der Waals surface area contributed by atoms with Gasteiger partial charge in [-0.15, -0.1) is 5.10 Å². The Morgan fingerprint density at radius 3 is 2.69 bits per heavy atom. The predicted octanol–water partition coefficient (Wildman–Crippen LogP) is 3.11. The number of hydrogen-bond acceptors (Lipinski definition) is 10. The van der Waals surface area contributed by atoms with E-state index in [2.05, 4.69) is 10.3 Å². The number of anilines is 2. The van der Waals surface area contributed by atoms with Crippen LogP contribution in [0.15, 0.2) is 48.7 Å². The molecule has 6 rings (SSSR count). The number of aryl methyl sites for hydroxylation is 1. The molecule has 238 valence electrons. The maximum absolute atomic E-state index is 14.7. The van der Waals surface area contributed by atoms with Crippen LogP contribution in [0.1, 0.15) is 30.2 Å². The molecule has 2 saturated heterocycles. The van der Waals surface area contributed by atoms with E-state index >= 15 is 0 Å². The SMILES string of the molecule is C[C@@H]1[C@@H]([Si](C)(C)O)[C@H](CCn2cc(CCO)nn2)O[C@@]12C(=O)N(Cc1cccc(N3CCOC3=O)c1)c1ccc([N+](=O)[O-])cc12. The minimum Gasteiger partial charge on any atom is -0.447 e. The summed E-state index contributed by atoms with van der Waals surface area (Å²) in [4.78, 5) is 52.9. The summed E-state index contributed by atoms with van der Waals surface area (Å²) < 4.78 is 13.5. The Hall–Kier alpha value is -4.18. The molecule has 1 spiro atoms. The van der Waals surface area contributed by atoms with Crippen LogP contribution in [-0.2, 0) is 39.4 Å². The van der Waals surface area contributed by atoms with Crippen molar-refractivity contribution in [3.63, 3.8) is 0 Å². The van der Waals surface area contributed by atoms with Gasteiger partial charge >= 0.3 is 6.09 Å². The van der Waals surface area contributed by atoms with Crippen molar-refractivity contribution in [2.45, 2.75) is 63.2 Å². The van der Waals surface area contributed by atoms with Crippen molar-refractivity contribution in [1.82, 2.24) is 15.0 Å². The topological polar surface area (TPSA) is 173 Å². The zero-order valence-electron chi connectivity index (χ0n) is 25.3. The number of nitro groups is 1. The number of carbonyl (C=O) groups is 2. The summed E-state index contributed by atoms with van der Waals surface area (Å²) in [5.74, 6) is -0.855. The van der Waals surface area contributed by atoms with Crippen LogP contribution in [0, 0.1) is 16.0 Å². The molecule has 2 aromatic carbocycles. The fraction of sp³-hybridized carbons (Fsp3) is 0.467. The molecule has 3 aliphatic heterocycles. The summed E-state index contributed by atoms with van der Waals surface area (Å²) in [5, 5.41) is 29.3. The van der Waals surface area contributed by atoms with Crippen molar-refractivity contribution in [1.29, 1.82) is 0 Å². The van der Waals surface area contributed by atoms with E-state index < -0.39 is 37.0 Å². The third-order valence-corrected chi connectivity index (χ3v) is 11.6. The van der Waals surface area contributed by atoms with Gasteiger partial charge in [-0.1, -0.05) is 24.3 Å². The highest BCUT2D eigenvalue weighted by atomic mass is 28.4. The lowest BCUT2D eigenvalue weighted by atomic mass is 9.82. The quantitative estimate of drug-likeness (QED) is 0.191. The summed E-state index contributed by atoms with van der Waals surface area (Å²) in [5.41, 5.74) is 0.875. The van der Waals surface area contributed by atoms with Crippen LogP contribution in [-0.4, -0.2) is 76.0 Å². The van der Waals surface area contributed by atoms with E-state index in [0.29, 0.717) is 55.2 Å². The number of hydrogen-bond donors (Lipinski definition) is 2. The number of rotatable bonds is 10. The van der Waals surface area contributed by atoms with Gasteiger partial charge in [0.15, 0.2) is 13.9 Å². The molecule has 3 aliphatic rings. The molecule has 4 heterocycles. The Morgan fingerprint density at radius 1 is 1.20 bits per heavy atom. The zero-order valence-corrected chi connectivity index (χ0v) is 26.3. The second kappa shape index (κ2) is 11.6. The van der Waals surface area contributed by atoms with E-state index in [1.807, 2.05) is 32.2 Å². The number of ether oxygens (including phenoxy) is 2. The van der Waals surface area contributed by atoms with Crippen molar-refractivity contribution in [2.24, 2.45) is 5.92 Å². The van der Waals surface area contributed by atoms with Gasteiger partial charge < -0.3 is 24.3 Å². The smallest absolute Gasteiger partial charge is 0.414 e. The van der Waals surface area contributed by atoms with Crippen LogP contribution in [0.2, 0.25) is 18.6 Å². The molecule has 0 radical (unpaired) electrons. The third kappa shape index (κ3) is 5.39. The number of nitrogens with zero attached hydrogens (tertiary/aromatic N) is 6. The molecule has 2 fully saturated rings. The summed E-state index contributed by atoms with van der Waals surface area (Å²) >= 11 is 0. The van der Waals surface area contributed by atoms with Crippen LogP contribution in [0.3, 0.4) is 0 Å². The predicted molar refractivity (Wildman–Crippen MR) is 164 cm³/mol. The molecule has 0 unspecified atom stereocenters. The van der Waals surface area contributed by atoms with Gasteiger partial charge in [-0.25, -0.2) is 4.79 Å². The number of fused-ring (bicyclic) bond motifs is 2. The maximum Gasteiger partial charge on any atom is 0.414 e. The molecule has 1 aromatic heterocycles. The highest BCUT2D eigenvalue weighted by Gasteiger charge is 2.66. The lowest BCUT2D eigenvalue weighted by Crippen LogP contribution is -2.46. The molecule has 45 heavy (non-hydrogen) atoms. The van der Waals surface area contributed by atoms with Gasteiger partial charge in [0.25, 0.3) is 11.6 Å². The highest BCUT2D eigenvalue weighted by molar-refractivity contribution is 6.71. The Labute approximate surface area is 260 Å². The van der Waals surface area contributed by atoms with Gasteiger partial charge in [0.2, 0.25) is 0 Å². The molecule has 2 amide bonds. The van der Waals surface area contributed by atoms with Crippen LogP contribution in [0.5, 0.6) is 0 Å². The van der Waals surface area contributed by atoms with Crippen molar-refractivity contribution >= 4 is 37.4 Å². The minimum absolute atomic E-state index is 0.0455. The van der Waals surface area contributed by atoms with Crippen molar-refractivity contribution < 1.29 is 33.9 Å². The Balaban J connectivity index is 1.36. The van der Waals surface area contributed by atoms with E-state index in [4.69, 9.17) is 9.47 Å². The van der Waals surface area contributed by atoms with Gasteiger partial charge in [-0.3, -0.25) is 24.5 Å². The molecule has 3 aromatic rings. The minimum atomic E-state index is -2.96. The average Bonchev–Trinajstić information content (AvgIpc) is 3.75. The van der Waals surface area contributed by atoms with Crippen molar-refractivity contribution in [3.8, 4) is 0 Å². The normalized spacial score (nSPS) is 24.5.